The van der Waals surface area contributed by atoms with Crippen molar-refractivity contribution in [3.05, 3.63) is 48.0 Å². The predicted octanol–water partition coefficient (Wildman–Crippen LogP) is 1.48. The molecule has 0 heterocycles. The van der Waals surface area contributed by atoms with Gasteiger partial charge < -0.3 is 5.32 Å². The molecule has 0 fully saturated rings. The Hall–Kier alpha value is -2.43. The number of carbonyl (C=O) groups excluding carboxylic acids is 2. The summed E-state index contributed by atoms with van der Waals surface area (Å²) in [5.41, 5.74) is 3.99. The van der Waals surface area contributed by atoms with Crippen LogP contribution in [-0.2, 0) is 4.79 Å². The lowest BCUT2D eigenvalue weighted by molar-refractivity contribution is -0.117. The van der Waals surface area contributed by atoms with E-state index in [4.69, 9.17) is 0 Å². The van der Waals surface area contributed by atoms with Gasteiger partial charge in [0.2, 0.25) is 5.91 Å². The van der Waals surface area contributed by atoms with E-state index in [9.17, 15) is 9.59 Å². The van der Waals surface area contributed by atoms with Gasteiger partial charge in [-0.3, -0.25) is 9.59 Å². The van der Waals surface area contributed by atoms with Crippen LogP contribution < -0.4 is 10.7 Å². The second-order valence-corrected chi connectivity index (χ2v) is 4.12. The summed E-state index contributed by atoms with van der Waals surface area (Å²) in [6, 6.07) is 8.78. The summed E-state index contributed by atoms with van der Waals surface area (Å²) in [7, 11) is 0. The van der Waals surface area contributed by atoms with Crippen LogP contribution in [0.3, 0.4) is 0 Å². The Labute approximate surface area is 112 Å². The Morgan fingerprint density at radius 1 is 1.21 bits per heavy atom. The van der Waals surface area contributed by atoms with Gasteiger partial charge in [-0.1, -0.05) is 24.8 Å². The number of hydrazone groups is 1. The molecule has 2 amide bonds. The van der Waals surface area contributed by atoms with Crippen molar-refractivity contribution in [2.24, 2.45) is 5.10 Å². The quantitative estimate of drug-likeness (QED) is 0.478. The number of rotatable bonds is 5. The number of nitrogens with one attached hydrogen (secondary N) is 2. The molecule has 0 aliphatic carbocycles. The molecule has 1 aromatic rings. The van der Waals surface area contributed by atoms with Gasteiger partial charge in [0, 0.05) is 11.1 Å². The molecule has 0 unspecified atom stereocenters. The first-order valence-electron chi connectivity index (χ1n) is 5.83. The van der Waals surface area contributed by atoms with Crippen molar-refractivity contribution in [2.75, 3.05) is 6.54 Å². The van der Waals surface area contributed by atoms with Crippen LogP contribution in [-0.4, -0.2) is 24.1 Å². The molecule has 19 heavy (non-hydrogen) atoms. The number of hydrogen-bond acceptors (Lipinski definition) is 3. The highest BCUT2D eigenvalue weighted by molar-refractivity contribution is 5.97. The zero-order valence-corrected chi connectivity index (χ0v) is 11.1. The number of nitrogens with zero attached hydrogens (tertiary/aromatic N) is 1. The third-order valence-electron chi connectivity index (χ3n) is 2.28. The highest BCUT2D eigenvalue weighted by Gasteiger charge is 2.04. The van der Waals surface area contributed by atoms with E-state index < -0.39 is 0 Å². The van der Waals surface area contributed by atoms with Crippen molar-refractivity contribution in [1.82, 2.24) is 10.7 Å². The van der Waals surface area contributed by atoms with Crippen LogP contribution in [0, 0.1) is 0 Å². The molecule has 0 aromatic heterocycles. The van der Waals surface area contributed by atoms with Crippen molar-refractivity contribution >= 4 is 17.5 Å². The average molecular weight is 259 g/mol. The summed E-state index contributed by atoms with van der Waals surface area (Å²) in [6.07, 6.45) is 0. The summed E-state index contributed by atoms with van der Waals surface area (Å²) < 4.78 is 0. The second kappa shape index (κ2) is 7.10. The minimum atomic E-state index is -0.286. The summed E-state index contributed by atoms with van der Waals surface area (Å²) in [4.78, 5) is 22.9. The van der Waals surface area contributed by atoms with E-state index >= 15 is 0 Å². The molecule has 0 saturated heterocycles. The van der Waals surface area contributed by atoms with Gasteiger partial charge in [0.1, 0.15) is 0 Å². The van der Waals surface area contributed by atoms with Crippen LogP contribution in [0.25, 0.3) is 0 Å². The van der Waals surface area contributed by atoms with Crippen molar-refractivity contribution in [1.29, 1.82) is 0 Å². The van der Waals surface area contributed by atoms with E-state index in [1.165, 1.54) is 0 Å². The summed E-state index contributed by atoms with van der Waals surface area (Å²) in [5.74, 6) is -0.518. The van der Waals surface area contributed by atoms with Crippen molar-refractivity contribution in [3.63, 3.8) is 0 Å². The first kappa shape index (κ1) is 14.6. The third-order valence-corrected chi connectivity index (χ3v) is 2.28. The predicted molar refractivity (Wildman–Crippen MR) is 74.8 cm³/mol. The average Bonchev–Trinajstić information content (AvgIpc) is 2.42. The monoisotopic (exact) mass is 259 g/mol. The third kappa shape index (κ3) is 5.16. The molecule has 5 nitrogen and oxygen atoms in total. The van der Waals surface area contributed by atoms with Crippen LogP contribution in [0.5, 0.6) is 0 Å². The van der Waals surface area contributed by atoms with E-state index in [1.54, 1.807) is 38.1 Å². The maximum absolute atomic E-state index is 11.7. The van der Waals surface area contributed by atoms with Gasteiger partial charge in [-0.15, -0.1) is 0 Å². The number of amides is 2. The molecule has 0 aliphatic rings. The van der Waals surface area contributed by atoms with Crippen LogP contribution in [0.1, 0.15) is 24.2 Å². The SMILES string of the molecule is C=C(C)C(=O)NC/C(C)=N/NC(=O)c1ccccc1. The Kier molecular flexibility index (Phi) is 5.47. The standard InChI is InChI=1S/C14H17N3O2/c1-10(2)13(18)15-9-11(3)16-17-14(19)12-7-5-4-6-8-12/h4-8H,1,9H2,2-3H3,(H,15,18)(H,17,19)/b16-11+. The Balaban J connectivity index is 2.46. The highest BCUT2D eigenvalue weighted by atomic mass is 16.2. The zero-order chi connectivity index (χ0) is 14.3. The second-order valence-electron chi connectivity index (χ2n) is 4.12. The molecule has 0 radical (unpaired) electrons. The fraction of sp³-hybridized carbons (Fsp3) is 0.214. The molecular formula is C14H17N3O2. The molecule has 100 valence electrons. The molecule has 1 rings (SSSR count). The summed E-state index contributed by atoms with van der Waals surface area (Å²) >= 11 is 0. The maximum Gasteiger partial charge on any atom is 0.271 e. The lowest BCUT2D eigenvalue weighted by Crippen LogP contribution is -2.30. The maximum atomic E-state index is 11.7. The first-order chi connectivity index (χ1) is 9.00. The smallest absolute Gasteiger partial charge is 0.271 e. The molecule has 0 atom stereocenters. The van der Waals surface area contributed by atoms with Gasteiger partial charge in [0.05, 0.1) is 12.3 Å². The molecule has 0 spiro atoms. The summed E-state index contributed by atoms with van der Waals surface area (Å²) in [6.45, 7) is 7.13. The molecule has 2 N–H and O–H groups in total. The zero-order valence-electron chi connectivity index (χ0n) is 11.1. The fourth-order valence-electron chi connectivity index (χ4n) is 1.20. The first-order valence-corrected chi connectivity index (χ1v) is 5.83. The molecule has 0 aliphatic heterocycles. The van der Waals surface area contributed by atoms with Gasteiger partial charge in [0.15, 0.2) is 0 Å². The van der Waals surface area contributed by atoms with Gasteiger partial charge in [-0.2, -0.15) is 5.10 Å². The number of benzene rings is 1. The Morgan fingerprint density at radius 2 is 1.84 bits per heavy atom. The van der Waals surface area contributed by atoms with Crippen molar-refractivity contribution in [3.8, 4) is 0 Å². The molecule has 0 saturated carbocycles. The summed E-state index contributed by atoms with van der Waals surface area (Å²) in [5, 5.41) is 6.53. The van der Waals surface area contributed by atoms with Gasteiger partial charge >= 0.3 is 0 Å². The molecule has 0 bridgehead atoms. The van der Waals surface area contributed by atoms with Crippen LogP contribution >= 0.6 is 0 Å². The van der Waals surface area contributed by atoms with Crippen LogP contribution in [0.2, 0.25) is 0 Å². The number of hydrogen-bond donors (Lipinski definition) is 2. The van der Waals surface area contributed by atoms with E-state index in [-0.39, 0.29) is 18.4 Å². The van der Waals surface area contributed by atoms with E-state index in [2.05, 4.69) is 22.4 Å². The molecule has 1 aromatic carbocycles. The van der Waals surface area contributed by atoms with Gasteiger partial charge in [-0.25, -0.2) is 5.43 Å². The van der Waals surface area contributed by atoms with Crippen molar-refractivity contribution in [2.45, 2.75) is 13.8 Å². The van der Waals surface area contributed by atoms with E-state index in [0.29, 0.717) is 16.8 Å². The van der Waals surface area contributed by atoms with Gasteiger partial charge in [-0.05, 0) is 26.0 Å². The number of carbonyl (C=O) groups is 2. The van der Waals surface area contributed by atoms with E-state index in [1.807, 2.05) is 6.07 Å². The highest BCUT2D eigenvalue weighted by Crippen LogP contribution is 1.97. The molecule has 5 heteroatoms. The van der Waals surface area contributed by atoms with Crippen molar-refractivity contribution < 1.29 is 9.59 Å². The Morgan fingerprint density at radius 3 is 2.42 bits per heavy atom. The Bertz CT molecular complexity index is 507. The van der Waals surface area contributed by atoms with Gasteiger partial charge in [0.25, 0.3) is 5.91 Å². The lowest BCUT2D eigenvalue weighted by atomic mass is 10.2. The largest absolute Gasteiger partial charge is 0.347 e. The fourth-order valence-corrected chi connectivity index (χ4v) is 1.20. The minimum Gasteiger partial charge on any atom is -0.347 e. The van der Waals surface area contributed by atoms with Crippen LogP contribution in [0.15, 0.2) is 47.6 Å². The minimum absolute atomic E-state index is 0.232. The lowest BCUT2D eigenvalue weighted by Gasteiger charge is -2.05. The normalized spacial score (nSPS) is 10.7. The topological polar surface area (TPSA) is 70.6 Å². The van der Waals surface area contributed by atoms with Crippen LogP contribution in [0.4, 0.5) is 0 Å². The molecular weight excluding hydrogens is 242 g/mol. The van der Waals surface area contributed by atoms with E-state index in [0.717, 1.165) is 0 Å².